The smallest absolute Gasteiger partial charge is 0.251 e. The first-order chi connectivity index (χ1) is 13.1. The quantitative estimate of drug-likeness (QED) is 0.846. The first-order valence-corrected chi connectivity index (χ1v) is 9.01. The van der Waals surface area contributed by atoms with E-state index in [1.54, 1.807) is 14.2 Å². The minimum Gasteiger partial charge on any atom is -0.497 e. The zero-order valence-corrected chi connectivity index (χ0v) is 16.0. The first-order valence-electron chi connectivity index (χ1n) is 9.01. The van der Waals surface area contributed by atoms with Gasteiger partial charge in [-0.25, -0.2) is 0 Å². The highest BCUT2D eigenvalue weighted by Crippen LogP contribution is 2.33. The highest BCUT2D eigenvalue weighted by Gasteiger charge is 2.18. The predicted molar refractivity (Wildman–Crippen MR) is 105 cm³/mol. The third-order valence-corrected chi connectivity index (χ3v) is 4.70. The zero-order chi connectivity index (χ0) is 19.2. The van der Waals surface area contributed by atoms with Gasteiger partial charge >= 0.3 is 0 Å². The van der Waals surface area contributed by atoms with Crippen molar-refractivity contribution in [3.05, 3.63) is 48.0 Å². The number of likely N-dealkylation sites (N-methyl/N-ethyl adjacent to an activating group) is 1. The number of hydrogen-bond acceptors (Lipinski definition) is 5. The second kappa shape index (κ2) is 8.88. The van der Waals surface area contributed by atoms with E-state index >= 15 is 0 Å². The number of rotatable bonds is 6. The maximum atomic E-state index is 12.4. The topological polar surface area (TPSA) is 60.0 Å². The van der Waals surface area contributed by atoms with Crippen LogP contribution in [0, 0.1) is 0 Å². The van der Waals surface area contributed by atoms with Crippen LogP contribution in [0.2, 0.25) is 0 Å². The standard InChI is InChI=1S/C21H26N2O4/c1-23-10-11-27-18(14-23)13-22-21(24)16-6-4-15(5-7-16)19-9-8-17(25-2)12-20(19)26-3/h4-9,12,18H,10-11,13-14H2,1-3H3,(H,22,24)/t18-/m0/s1. The van der Waals surface area contributed by atoms with Crippen LogP contribution in [-0.2, 0) is 4.74 Å². The fourth-order valence-corrected chi connectivity index (χ4v) is 3.14. The van der Waals surface area contributed by atoms with E-state index in [4.69, 9.17) is 14.2 Å². The second-order valence-corrected chi connectivity index (χ2v) is 6.61. The fraction of sp³-hybridized carbons (Fsp3) is 0.381. The lowest BCUT2D eigenvalue weighted by atomic mass is 10.0. The summed E-state index contributed by atoms with van der Waals surface area (Å²) >= 11 is 0. The Morgan fingerprint density at radius 1 is 1.19 bits per heavy atom. The molecule has 0 radical (unpaired) electrons. The van der Waals surface area contributed by atoms with Gasteiger partial charge in [0.05, 0.1) is 26.9 Å². The van der Waals surface area contributed by atoms with Crippen molar-refractivity contribution in [2.24, 2.45) is 0 Å². The molecule has 3 rings (SSSR count). The Balaban J connectivity index is 1.65. The number of carbonyl (C=O) groups excluding carboxylic acids is 1. The van der Waals surface area contributed by atoms with E-state index in [9.17, 15) is 4.79 Å². The van der Waals surface area contributed by atoms with Crippen LogP contribution in [0.25, 0.3) is 11.1 Å². The molecule has 1 fully saturated rings. The van der Waals surface area contributed by atoms with Crippen LogP contribution in [-0.4, -0.2) is 64.4 Å². The van der Waals surface area contributed by atoms with E-state index in [0.717, 1.165) is 35.7 Å². The van der Waals surface area contributed by atoms with Gasteiger partial charge in [0.1, 0.15) is 11.5 Å². The summed E-state index contributed by atoms with van der Waals surface area (Å²) in [5, 5.41) is 2.95. The van der Waals surface area contributed by atoms with Gasteiger partial charge in [-0.2, -0.15) is 0 Å². The summed E-state index contributed by atoms with van der Waals surface area (Å²) < 4.78 is 16.4. The van der Waals surface area contributed by atoms with Crippen molar-refractivity contribution >= 4 is 5.91 Å². The zero-order valence-electron chi connectivity index (χ0n) is 16.0. The lowest BCUT2D eigenvalue weighted by Gasteiger charge is -2.30. The Morgan fingerprint density at radius 3 is 2.63 bits per heavy atom. The van der Waals surface area contributed by atoms with Gasteiger partial charge < -0.3 is 24.4 Å². The molecule has 2 aromatic rings. The van der Waals surface area contributed by atoms with Crippen molar-refractivity contribution in [2.75, 3.05) is 47.5 Å². The molecule has 144 valence electrons. The lowest BCUT2D eigenvalue weighted by molar-refractivity contribution is -0.0175. The number of nitrogens with one attached hydrogen (secondary N) is 1. The molecular formula is C21H26N2O4. The van der Waals surface area contributed by atoms with E-state index in [0.29, 0.717) is 18.7 Å². The molecule has 6 heteroatoms. The Hall–Kier alpha value is -2.57. The van der Waals surface area contributed by atoms with Crippen LogP contribution in [0.4, 0.5) is 0 Å². The summed E-state index contributed by atoms with van der Waals surface area (Å²) in [6.07, 6.45) is 0.0375. The Morgan fingerprint density at radius 2 is 1.96 bits per heavy atom. The normalized spacial score (nSPS) is 17.4. The molecule has 0 bridgehead atoms. The molecule has 6 nitrogen and oxygen atoms in total. The minimum atomic E-state index is -0.0972. The molecular weight excluding hydrogens is 344 g/mol. The van der Waals surface area contributed by atoms with Gasteiger partial charge in [-0.05, 0) is 36.9 Å². The molecule has 27 heavy (non-hydrogen) atoms. The number of methoxy groups -OCH3 is 2. The van der Waals surface area contributed by atoms with Crippen LogP contribution in [0.15, 0.2) is 42.5 Å². The molecule has 1 N–H and O–H groups in total. The average molecular weight is 370 g/mol. The number of amides is 1. The van der Waals surface area contributed by atoms with Crippen LogP contribution in [0.5, 0.6) is 11.5 Å². The molecule has 0 aliphatic carbocycles. The number of nitrogens with zero attached hydrogens (tertiary/aromatic N) is 1. The Bertz CT molecular complexity index is 776. The molecule has 0 saturated carbocycles. The largest absolute Gasteiger partial charge is 0.497 e. The highest BCUT2D eigenvalue weighted by atomic mass is 16.5. The van der Waals surface area contributed by atoms with Crippen LogP contribution in [0.3, 0.4) is 0 Å². The van der Waals surface area contributed by atoms with E-state index in [-0.39, 0.29) is 12.0 Å². The SMILES string of the molecule is COc1ccc(-c2ccc(C(=O)NC[C@H]3CN(C)CCO3)cc2)c(OC)c1. The molecule has 1 heterocycles. The van der Waals surface area contributed by atoms with Crippen LogP contribution >= 0.6 is 0 Å². The maximum Gasteiger partial charge on any atom is 0.251 e. The maximum absolute atomic E-state index is 12.4. The molecule has 1 aliphatic heterocycles. The molecule has 1 amide bonds. The summed E-state index contributed by atoms with van der Waals surface area (Å²) in [4.78, 5) is 14.6. The number of hydrogen-bond donors (Lipinski definition) is 1. The number of ether oxygens (including phenoxy) is 3. The minimum absolute atomic E-state index is 0.0375. The van der Waals surface area contributed by atoms with Gasteiger partial charge in [-0.1, -0.05) is 12.1 Å². The number of benzene rings is 2. The van der Waals surface area contributed by atoms with Gasteiger partial charge in [0, 0.05) is 36.8 Å². The molecule has 0 aromatic heterocycles. The van der Waals surface area contributed by atoms with E-state index in [1.165, 1.54) is 0 Å². The predicted octanol–water partition coefficient (Wildman–Crippen LogP) is 2.43. The Kier molecular flexibility index (Phi) is 6.32. The number of carbonyl (C=O) groups is 1. The number of morpholine rings is 1. The first kappa shape index (κ1) is 19.2. The summed E-state index contributed by atoms with van der Waals surface area (Å²) in [5.41, 5.74) is 2.54. The summed E-state index contributed by atoms with van der Waals surface area (Å²) in [7, 11) is 5.31. The second-order valence-electron chi connectivity index (χ2n) is 6.61. The van der Waals surface area contributed by atoms with E-state index in [2.05, 4.69) is 17.3 Å². The van der Waals surface area contributed by atoms with E-state index < -0.39 is 0 Å². The average Bonchev–Trinajstić information content (AvgIpc) is 2.71. The third kappa shape index (κ3) is 4.78. The van der Waals surface area contributed by atoms with Crippen molar-refractivity contribution in [1.29, 1.82) is 0 Å². The van der Waals surface area contributed by atoms with Crippen molar-refractivity contribution < 1.29 is 19.0 Å². The molecule has 2 aromatic carbocycles. The van der Waals surface area contributed by atoms with Gasteiger partial charge in [0.15, 0.2) is 0 Å². The van der Waals surface area contributed by atoms with Gasteiger partial charge in [-0.15, -0.1) is 0 Å². The lowest BCUT2D eigenvalue weighted by Crippen LogP contribution is -2.45. The van der Waals surface area contributed by atoms with Crippen LogP contribution in [0.1, 0.15) is 10.4 Å². The van der Waals surface area contributed by atoms with Crippen molar-refractivity contribution in [1.82, 2.24) is 10.2 Å². The Labute approximate surface area is 160 Å². The van der Waals surface area contributed by atoms with Crippen LogP contribution < -0.4 is 14.8 Å². The summed E-state index contributed by atoms with van der Waals surface area (Å²) in [5.74, 6) is 1.37. The van der Waals surface area contributed by atoms with Gasteiger partial charge in [-0.3, -0.25) is 4.79 Å². The third-order valence-electron chi connectivity index (χ3n) is 4.70. The molecule has 0 unspecified atom stereocenters. The summed E-state index contributed by atoms with van der Waals surface area (Å²) in [6, 6.07) is 13.2. The molecule has 0 spiro atoms. The van der Waals surface area contributed by atoms with Crippen molar-refractivity contribution in [3.8, 4) is 22.6 Å². The van der Waals surface area contributed by atoms with Crippen molar-refractivity contribution in [3.63, 3.8) is 0 Å². The highest BCUT2D eigenvalue weighted by molar-refractivity contribution is 5.94. The summed E-state index contributed by atoms with van der Waals surface area (Å²) in [6.45, 7) is 2.98. The van der Waals surface area contributed by atoms with Gasteiger partial charge in [0.2, 0.25) is 0 Å². The van der Waals surface area contributed by atoms with E-state index in [1.807, 2.05) is 42.5 Å². The van der Waals surface area contributed by atoms with Gasteiger partial charge in [0.25, 0.3) is 5.91 Å². The molecule has 1 atom stereocenters. The fourth-order valence-electron chi connectivity index (χ4n) is 3.14. The molecule has 1 saturated heterocycles. The molecule has 1 aliphatic rings. The monoisotopic (exact) mass is 370 g/mol. The van der Waals surface area contributed by atoms with Crippen molar-refractivity contribution in [2.45, 2.75) is 6.10 Å².